The van der Waals surface area contributed by atoms with Crippen LogP contribution >= 0.6 is 7.82 Å². The van der Waals surface area contributed by atoms with Crippen molar-refractivity contribution in [3.05, 3.63) is 54.3 Å². The van der Waals surface area contributed by atoms with E-state index in [1.165, 1.54) is 6.26 Å². The number of anilines is 2. The highest BCUT2D eigenvalue weighted by Gasteiger charge is 2.28. The summed E-state index contributed by atoms with van der Waals surface area (Å²) in [7, 11) is -2.71. The number of rotatable bonds is 6. The number of fused-ring (bicyclic) bond motifs is 1. The lowest BCUT2D eigenvalue weighted by Crippen LogP contribution is -2.37. The zero-order valence-corrected chi connectivity index (χ0v) is 20.6. The molecule has 0 aliphatic carbocycles. The Morgan fingerprint density at radius 2 is 2.03 bits per heavy atom. The summed E-state index contributed by atoms with van der Waals surface area (Å²) in [5, 5.41) is 8.10. The Bertz CT molecular complexity index is 1470. The first kappa shape index (κ1) is 24.1. The second-order valence-electron chi connectivity index (χ2n) is 8.66. The largest absolute Gasteiger partial charge is 0.469 e. The summed E-state index contributed by atoms with van der Waals surface area (Å²) in [5.74, 6) is -0.110. The van der Waals surface area contributed by atoms with Gasteiger partial charge in [-0.15, -0.1) is 0 Å². The van der Waals surface area contributed by atoms with Crippen molar-refractivity contribution in [2.24, 2.45) is 7.05 Å². The van der Waals surface area contributed by atoms with Gasteiger partial charge in [-0.05, 0) is 44.0 Å². The molecule has 1 aromatic carbocycles. The fourth-order valence-corrected chi connectivity index (χ4v) is 4.92. The topological polar surface area (TPSA) is 156 Å². The molecule has 13 heteroatoms. The molecule has 1 amide bonds. The molecule has 1 fully saturated rings. The monoisotopic (exact) mass is 512 g/mol. The molecular weight excluding hydrogens is 487 g/mol. The first-order valence-corrected chi connectivity index (χ1v) is 12.8. The van der Waals surface area contributed by atoms with Crippen LogP contribution in [0.4, 0.5) is 11.4 Å². The van der Waals surface area contributed by atoms with Crippen LogP contribution in [-0.2, 0) is 16.1 Å². The number of aryl methyl sites for hydroxylation is 2. The van der Waals surface area contributed by atoms with Gasteiger partial charge in [-0.3, -0.25) is 19.0 Å². The lowest BCUT2D eigenvalue weighted by molar-refractivity contribution is 0.102. The standard InChI is InChI=1S/C23H25N6O6P/c1-14-9-15(3-6-24-14)23-27-19(13-34-23)22(30)26-18-10-16-12-25-28(2)20(16)11-21(18)29-7-4-17(5-8-29)35-36(31,32)33/h3,6,9-13,17H,4-5,7-8H2,1-2H3,(H,26,30)(H2,31,32,33). The third-order valence-corrected chi connectivity index (χ3v) is 6.63. The van der Waals surface area contributed by atoms with Gasteiger partial charge in [0.2, 0.25) is 5.89 Å². The van der Waals surface area contributed by atoms with E-state index in [4.69, 9.17) is 18.7 Å². The minimum absolute atomic E-state index is 0.130. The number of phosphoric acid groups is 1. The molecule has 0 bridgehead atoms. The molecule has 1 aliphatic rings. The second kappa shape index (κ2) is 9.47. The Morgan fingerprint density at radius 1 is 1.25 bits per heavy atom. The summed E-state index contributed by atoms with van der Waals surface area (Å²) in [6.07, 6.45) is 5.01. The Morgan fingerprint density at radius 3 is 2.75 bits per heavy atom. The van der Waals surface area contributed by atoms with Crippen molar-refractivity contribution < 1.29 is 28.1 Å². The number of carbonyl (C=O) groups is 1. The molecule has 5 rings (SSSR count). The summed E-state index contributed by atoms with van der Waals surface area (Å²) in [6, 6.07) is 7.37. The summed E-state index contributed by atoms with van der Waals surface area (Å²) >= 11 is 0. The molecular formula is C23H25N6O6P. The number of benzene rings is 1. The highest BCUT2D eigenvalue weighted by Crippen LogP contribution is 2.41. The average molecular weight is 512 g/mol. The number of piperidine rings is 1. The van der Waals surface area contributed by atoms with Crippen molar-refractivity contribution in [2.75, 3.05) is 23.3 Å². The predicted octanol–water partition coefficient (Wildman–Crippen LogP) is 3.26. The summed E-state index contributed by atoms with van der Waals surface area (Å²) < 4.78 is 23.4. The van der Waals surface area contributed by atoms with E-state index in [0.717, 1.165) is 27.8 Å². The normalized spacial score (nSPS) is 14.9. The molecule has 1 aliphatic heterocycles. The Labute approximate surface area is 206 Å². The first-order valence-electron chi connectivity index (χ1n) is 11.3. The van der Waals surface area contributed by atoms with Crippen molar-refractivity contribution in [1.29, 1.82) is 0 Å². The van der Waals surface area contributed by atoms with Crippen LogP contribution in [0.3, 0.4) is 0 Å². The van der Waals surface area contributed by atoms with Crippen LogP contribution < -0.4 is 10.2 Å². The van der Waals surface area contributed by atoms with Gasteiger partial charge in [-0.2, -0.15) is 5.10 Å². The number of hydrogen-bond acceptors (Lipinski definition) is 8. The lowest BCUT2D eigenvalue weighted by Gasteiger charge is -2.34. The molecule has 3 aromatic heterocycles. The minimum Gasteiger partial charge on any atom is -0.444 e. The van der Waals surface area contributed by atoms with Crippen LogP contribution in [0.1, 0.15) is 29.0 Å². The number of aromatic nitrogens is 4. The van der Waals surface area contributed by atoms with Crippen molar-refractivity contribution in [2.45, 2.75) is 25.9 Å². The lowest BCUT2D eigenvalue weighted by atomic mass is 10.1. The fourth-order valence-electron chi connectivity index (χ4n) is 4.32. The highest BCUT2D eigenvalue weighted by atomic mass is 31.2. The average Bonchev–Trinajstić information content (AvgIpc) is 3.46. The summed E-state index contributed by atoms with van der Waals surface area (Å²) in [4.78, 5) is 41.9. The Kier molecular flexibility index (Phi) is 6.35. The van der Waals surface area contributed by atoms with Crippen LogP contribution in [0.15, 0.2) is 47.3 Å². The van der Waals surface area contributed by atoms with E-state index in [0.29, 0.717) is 37.5 Å². The molecule has 0 radical (unpaired) electrons. The molecule has 188 valence electrons. The maximum atomic E-state index is 13.1. The van der Waals surface area contributed by atoms with Gasteiger partial charge in [0.05, 0.1) is 29.2 Å². The quantitative estimate of drug-likeness (QED) is 0.328. The van der Waals surface area contributed by atoms with Gasteiger partial charge in [0.1, 0.15) is 6.26 Å². The van der Waals surface area contributed by atoms with Crippen LogP contribution in [0.25, 0.3) is 22.4 Å². The number of nitrogens with zero attached hydrogens (tertiary/aromatic N) is 5. The van der Waals surface area contributed by atoms with Gasteiger partial charge in [-0.25, -0.2) is 9.55 Å². The maximum absolute atomic E-state index is 13.1. The Balaban J connectivity index is 1.40. The van der Waals surface area contributed by atoms with Gasteiger partial charge in [-0.1, -0.05) is 0 Å². The molecule has 3 N–H and O–H groups in total. The van der Waals surface area contributed by atoms with E-state index < -0.39 is 19.8 Å². The smallest absolute Gasteiger partial charge is 0.444 e. The summed E-state index contributed by atoms with van der Waals surface area (Å²) in [6.45, 7) is 2.84. The van der Waals surface area contributed by atoms with Crippen molar-refractivity contribution >= 4 is 36.0 Å². The van der Waals surface area contributed by atoms with E-state index in [1.54, 1.807) is 23.1 Å². The van der Waals surface area contributed by atoms with E-state index in [9.17, 15) is 9.36 Å². The number of carbonyl (C=O) groups excluding carboxylic acids is 1. The van der Waals surface area contributed by atoms with E-state index in [2.05, 4.69) is 25.3 Å². The minimum atomic E-state index is -4.55. The van der Waals surface area contributed by atoms with Crippen LogP contribution in [-0.4, -0.2) is 54.6 Å². The predicted molar refractivity (Wildman–Crippen MR) is 132 cm³/mol. The molecule has 4 heterocycles. The van der Waals surface area contributed by atoms with Gasteiger partial charge in [0, 0.05) is 43.0 Å². The number of nitrogens with one attached hydrogen (secondary N) is 1. The zero-order chi connectivity index (χ0) is 25.4. The molecule has 0 atom stereocenters. The molecule has 36 heavy (non-hydrogen) atoms. The van der Waals surface area contributed by atoms with E-state index in [-0.39, 0.29) is 5.69 Å². The number of amides is 1. The van der Waals surface area contributed by atoms with Crippen LogP contribution in [0.2, 0.25) is 0 Å². The molecule has 12 nitrogen and oxygen atoms in total. The van der Waals surface area contributed by atoms with Gasteiger partial charge in [0.25, 0.3) is 5.91 Å². The molecule has 0 saturated carbocycles. The van der Waals surface area contributed by atoms with E-state index in [1.807, 2.05) is 32.2 Å². The zero-order valence-electron chi connectivity index (χ0n) is 19.7. The van der Waals surface area contributed by atoms with Gasteiger partial charge < -0.3 is 24.4 Å². The molecule has 1 saturated heterocycles. The van der Waals surface area contributed by atoms with Gasteiger partial charge in [0.15, 0.2) is 5.69 Å². The molecule has 0 spiro atoms. The fraction of sp³-hybridized carbons (Fsp3) is 0.304. The van der Waals surface area contributed by atoms with Crippen LogP contribution in [0, 0.1) is 6.92 Å². The van der Waals surface area contributed by atoms with Crippen molar-refractivity contribution in [3.63, 3.8) is 0 Å². The van der Waals surface area contributed by atoms with Crippen molar-refractivity contribution in [3.8, 4) is 11.5 Å². The Hall–Kier alpha value is -3.57. The first-order chi connectivity index (χ1) is 17.2. The number of hydrogen-bond donors (Lipinski definition) is 3. The number of pyridine rings is 1. The van der Waals surface area contributed by atoms with Gasteiger partial charge >= 0.3 is 7.82 Å². The van der Waals surface area contributed by atoms with E-state index >= 15 is 0 Å². The second-order valence-corrected chi connectivity index (χ2v) is 9.85. The summed E-state index contributed by atoms with van der Waals surface area (Å²) in [5.41, 5.74) is 3.88. The third-order valence-electron chi connectivity index (χ3n) is 6.06. The van der Waals surface area contributed by atoms with Crippen molar-refractivity contribution in [1.82, 2.24) is 19.7 Å². The number of phosphoric ester groups is 1. The maximum Gasteiger partial charge on any atom is 0.469 e. The molecule has 4 aromatic rings. The molecule has 0 unspecified atom stereocenters. The number of oxazole rings is 1. The SMILES string of the molecule is Cc1cc(-c2nc(C(=O)Nc3cc4cnn(C)c4cc3N3CCC(OP(=O)(O)O)CC3)co2)ccn1. The van der Waals surface area contributed by atoms with Crippen LogP contribution in [0.5, 0.6) is 0 Å². The third kappa shape index (κ3) is 5.17. The highest BCUT2D eigenvalue weighted by molar-refractivity contribution is 7.46.